The number of rotatable bonds is 4. The zero-order valence-corrected chi connectivity index (χ0v) is 8.66. The molecule has 4 heteroatoms. The molecule has 15 heavy (non-hydrogen) atoms. The molecule has 0 radical (unpaired) electrons. The van der Waals surface area contributed by atoms with Crippen molar-refractivity contribution in [3.05, 3.63) is 11.6 Å². The van der Waals surface area contributed by atoms with E-state index in [1.165, 1.54) is 0 Å². The van der Waals surface area contributed by atoms with Gasteiger partial charge < -0.3 is 11.5 Å². The second-order valence-corrected chi connectivity index (χ2v) is 4.76. The molecule has 0 aromatic rings. The van der Waals surface area contributed by atoms with Crippen molar-refractivity contribution in [2.75, 3.05) is 0 Å². The number of allylic oxidation sites excluding steroid dienone is 1. The van der Waals surface area contributed by atoms with Crippen LogP contribution in [0.3, 0.4) is 0 Å². The Labute approximate surface area is 88.7 Å². The van der Waals surface area contributed by atoms with Crippen molar-refractivity contribution in [2.24, 2.45) is 22.8 Å². The van der Waals surface area contributed by atoms with E-state index in [0.29, 0.717) is 12.3 Å². The average Bonchev–Trinajstić information content (AvgIpc) is 2.58. The lowest BCUT2D eigenvalue weighted by Crippen LogP contribution is -2.28. The van der Waals surface area contributed by atoms with E-state index in [0.717, 1.165) is 24.8 Å². The van der Waals surface area contributed by atoms with Crippen LogP contribution in [0, 0.1) is 11.3 Å². The molecule has 0 aromatic carbocycles. The van der Waals surface area contributed by atoms with Crippen LogP contribution < -0.4 is 11.5 Å². The molecule has 0 saturated heterocycles. The van der Waals surface area contributed by atoms with Gasteiger partial charge in [-0.15, -0.1) is 0 Å². The van der Waals surface area contributed by atoms with Crippen molar-refractivity contribution in [3.63, 3.8) is 0 Å². The normalized spacial score (nSPS) is 32.8. The number of carbonyl (C=O) groups is 2. The molecule has 2 rings (SSSR count). The van der Waals surface area contributed by atoms with Gasteiger partial charge in [0.1, 0.15) is 0 Å². The van der Waals surface area contributed by atoms with Crippen LogP contribution in [0.15, 0.2) is 11.6 Å². The van der Waals surface area contributed by atoms with Gasteiger partial charge in [0.15, 0.2) is 0 Å². The zero-order chi connectivity index (χ0) is 11.1. The lowest BCUT2D eigenvalue weighted by atomic mass is 9.76. The van der Waals surface area contributed by atoms with E-state index in [9.17, 15) is 9.59 Å². The van der Waals surface area contributed by atoms with Crippen molar-refractivity contribution < 1.29 is 9.59 Å². The summed E-state index contributed by atoms with van der Waals surface area (Å²) in [6.07, 6.45) is 5.82. The summed E-state index contributed by atoms with van der Waals surface area (Å²) in [5.74, 6) is -0.0794. The minimum absolute atomic E-state index is 0.133. The highest BCUT2D eigenvalue weighted by Crippen LogP contribution is 2.56. The second-order valence-electron chi connectivity index (χ2n) is 4.76. The number of primary amides is 2. The highest BCUT2D eigenvalue weighted by atomic mass is 16.1. The van der Waals surface area contributed by atoms with Gasteiger partial charge in [-0.25, -0.2) is 0 Å². The Kier molecular flexibility index (Phi) is 2.29. The molecule has 2 aliphatic rings. The minimum atomic E-state index is -0.322. The average molecular weight is 208 g/mol. The van der Waals surface area contributed by atoms with Gasteiger partial charge >= 0.3 is 0 Å². The maximum atomic E-state index is 11.0. The van der Waals surface area contributed by atoms with Crippen molar-refractivity contribution in [1.82, 2.24) is 0 Å². The summed E-state index contributed by atoms with van der Waals surface area (Å²) in [5.41, 5.74) is 11.4. The number of carbonyl (C=O) groups excluding carboxylic acids is 2. The summed E-state index contributed by atoms with van der Waals surface area (Å²) in [6.45, 7) is 0. The summed E-state index contributed by atoms with van der Waals surface area (Å²) < 4.78 is 0. The summed E-state index contributed by atoms with van der Waals surface area (Å²) in [7, 11) is 0. The lowest BCUT2D eigenvalue weighted by molar-refractivity contribution is -0.121. The van der Waals surface area contributed by atoms with E-state index in [4.69, 9.17) is 11.5 Å². The van der Waals surface area contributed by atoms with Gasteiger partial charge in [-0.1, -0.05) is 11.6 Å². The van der Waals surface area contributed by atoms with Gasteiger partial charge in [-0.3, -0.25) is 9.59 Å². The third-order valence-corrected chi connectivity index (χ3v) is 3.64. The van der Waals surface area contributed by atoms with E-state index in [1.807, 2.05) is 0 Å². The summed E-state index contributed by atoms with van der Waals surface area (Å²) in [5, 5.41) is 0. The quantitative estimate of drug-likeness (QED) is 0.658. The Morgan fingerprint density at radius 2 is 2.13 bits per heavy atom. The van der Waals surface area contributed by atoms with E-state index >= 15 is 0 Å². The van der Waals surface area contributed by atoms with Crippen LogP contribution >= 0.6 is 0 Å². The highest BCUT2D eigenvalue weighted by Gasteiger charge is 2.47. The maximum Gasteiger partial charge on any atom is 0.221 e. The van der Waals surface area contributed by atoms with Crippen LogP contribution in [-0.4, -0.2) is 11.8 Å². The summed E-state index contributed by atoms with van der Waals surface area (Å²) in [4.78, 5) is 22.0. The van der Waals surface area contributed by atoms with Gasteiger partial charge in [-0.05, 0) is 25.2 Å². The monoisotopic (exact) mass is 208 g/mol. The number of nitrogens with two attached hydrogens (primary N) is 2. The van der Waals surface area contributed by atoms with Crippen molar-refractivity contribution in [3.8, 4) is 0 Å². The molecule has 2 aliphatic carbocycles. The van der Waals surface area contributed by atoms with E-state index in [1.54, 1.807) is 0 Å². The molecule has 2 amide bonds. The molecule has 0 aliphatic heterocycles. The van der Waals surface area contributed by atoms with Crippen LogP contribution in [0.2, 0.25) is 0 Å². The first-order valence-electron chi connectivity index (χ1n) is 5.30. The molecular formula is C11H16N2O2. The number of hydrogen-bond donors (Lipinski definition) is 2. The smallest absolute Gasteiger partial charge is 0.221 e. The maximum absolute atomic E-state index is 11.0. The molecule has 2 unspecified atom stereocenters. The number of fused-ring (bicyclic) bond motifs is 2. The Bertz CT molecular complexity index is 348. The third-order valence-electron chi connectivity index (χ3n) is 3.64. The summed E-state index contributed by atoms with van der Waals surface area (Å²) >= 11 is 0. The van der Waals surface area contributed by atoms with Gasteiger partial charge in [0.25, 0.3) is 0 Å². The van der Waals surface area contributed by atoms with Crippen LogP contribution in [0.1, 0.15) is 32.1 Å². The molecule has 82 valence electrons. The van der Waals surface area contributed by atoms with Gasteiger partial charge in [-0.2, -0.15) is 0 Å². The highest BCUT2D eigenvalue weighted by molar-refractivity contribution is 5.79. The first kappa shape index (κ1) is 10.2. The van der Waals surface area contributed by atoms with Gasteiger partial charge in [0, 0.05) is 18.3 Å². The first-order valence-corrected chi connectivity index (χ1v) is 5.30. The Morgan fingerprint density at radius 1 is 1.40 bits per heavy atom. The van der Waals surface area contributed by atoms with Crippen LogP contribution in [0.25, 0.3) is 0 Å². The molecule has 1 saturated carbocycles. The fraction of sp³-hybridized carbons (Fsp3) is 0.636. The summed E-state index contributed by atoms with van der Waals surface area (Å²) in [6, 6.07) is 0. The van der Waals surface area contributed by atoms with Gasteiger partial charge in [0.05, 0.1) is 0 Å². The largest absolute Gasteiger partial charge is 0.370 e. The Hall–Kier alpha value is -1.32. The molecule has 0 spiro atoms. The number of hydrogen-bond acceptors (Lipinski definition) is 2. The lowest BCUT2D eigenvalue weighted by Gasteiger charge is -2.28. The topological polar surface area (TPSA) is 86.2 Å². The fourth-order valence-electron chi connectivity index (χ4n) is 3.10. The Balaban J connectivity index is 2.19. The van der Waals surface area contributed by atoms with E-state index in [2.05, 4.69) is 6.08 Å². The molecular weight excluding hydrogens is 192 g/mol. The van der Waals surface area contributed by atoms with Gasteiger partial charge in [0.2, 0.25) is 11.8 Å². The molecule has 0 aromatic heterocycles. The molecule has 0 heterocycles. The van der Waals surface area contributed by atoms with Crippen LogP contribution in [-0.2, 0) is 9.59 Å². The zero-order valence-electron chi connectivity index (χ0n) is 8.66. The molecule has 2 bridgehead atoms. The fourth-order valence-corrected chi connectivity index (χ4v) is 3.10. The SMILES string of the molecule is NC(=O)CC1=CC2CCC1(CC(N)=O)C2. The van der Waals surface area contributed by atoms with E-state index in [-0.39, 0.29) is 23.7 Å². The van der Waals surface area contributed by atoms with E-state index < -0.39 is 0 Å². The minimum Gasteiger partial charge on any atom is -0.370 e. The predicted octanol–water partition coefficient (Wildman–Crippen LogP) is 0.464. The number of amides is 2. The standard InChI is InChI=1S/C11H16N2O2/c12-9(14)4-8-3-7-1-2-11(8,5-7)6-10(13)15/h3,7H,1-2,4-6H2,(H2,12,14)(H2,13,15). The van der Waals surface area contributed by atoms with Crippen LogP contribution in [0.5, 0.6) is 0 Å². The van der Waals surface area contributed by atoms with Crippen LogP contribution in [0.4, 0.5) is 0 Å². The van der Waals surface area contributed by atoms with Crippen molar-refractivity contribution in [2.45, 2.75) is 32.1 Å². The molecule has 1 fully saturated rings. The Morgan fingerprint density at radius 3 is 2.67 bits per heavy atom. The third kappa shape index (κ3) is 1.76. The second kappa shape index (κ2) is 3.36. The molecule has 4 nitrogen and oxygen atoms in total. The molecule has 2 atom stereocenters. The molecule has 4 N–H and O–H groups in total. The van der Waals surface area contributed by atoms with Crippen molar-refractivity contribution >= 4 is 11.8 Å². The predicted molar refractivity (Wildman–Crippen MR) is 55.5 cm³/mol. The first-order chi connectivity index (χ1) is 7.02. The van der Waals surface area contributed by atoms with Crippen molar-refractivity contribution in [1.29, 1.82) is 0 Å².